The lowest BCUT2D eigenvalue weighted by Gasteiger charge is -2.51. The first-order valence-corrected chi connectivity index (χ1v) is 27.3. The summed E-state index contributed by atoms with van der Waals surface area (Å²) in [7, 11) is -5.16. The van der Waals surface area contributed by atoms with Crippen LogP contribution in [0, 0.1) is 0 Å². The van der Waals surface area contributed by atoms with Crippen LogP contribution in [-0.4, -0.2) is 238 Å². The molecule has 5 rings (SSSR count). The topological polar surface area (TPSA) is 436 Å². The van der Waals surface area contributed by atoms with Gasteiger partial charge in [-0.2, -0.15) is 8.42 Å². The molecule has 30 heteroatoms. The quantitative estimate of drug-likeness (QED) is 0.0280. The van der Waals surface area contributed by atoms with Gasteiger partial charge in [0.05, 0.1) is 33.0 Å². The van der Waals surface area contributed by atoms with Gasteiger partial charge in [0.1, 0.15) is 103 Å². The van der Waals surface area contributed by atoms with E-state index in [-0.39, 0.29) is 5.56 Å². The van der Waals surface area contributed by atoms with Crippen LogP contribution in [0.5, 0.6) is 5.75 Å². The van der Waals surface area contributed by atoms with E-state index >= 15 is 0 Å². The summed E-state index contributed by atoms with van der Waals surface area (Å²) >= 11 is 0. The Morgan fingerprint density at radius 2 is 0.987 bits per heavy atom. The van der Waals surface area contributed by atoms with Crippen LogP contribution in [0.15, 0.2) is 24.3 Å². The second-order valence-electron chi connectivity index (χ2n) is 19.6. The number of hydrogen-bond donors (Lipinski definition) is 14. The highest BCUT2D eigenvalue weighted by Gasteiger charge is 2.56. The van der Waals surface area contributed by atoms with Crippen molar-refractivity contribution >= 4 is 34.0 Å². The Morgan fingerprint density at radius 3 is 1.46 bits per heavy atom. The van der Waals surface area contributed by atoms with Crippen LogP contribution in [0.3, 0.4) is 0 Å². The summed E-state index contributed by atoms with van der Waals surface area (Å²) in [6.07, 6.45) is -19.4. The summed E-state index contributed by atoms with van der Waals surface area (Å²) in [5, 5.41) is 109. The number of aliphatic hydroxyl groups is 9. The largest absolute Gasteiger partial charge is 0.494 e. The third-order valence-electron chi connectivity index (χ3n) is 13.6. The molecule has 4 amide bonds. The van der Waals surface area contributed by atoms with Gasteiger partial charge in [0.15, 0.2) is 25.2 Å². The minimum atomic E-state index is -5.16. The SMILES string of the molecule is CCCCCCCCCCCOc1cccc(C(=O)N[C@H]2C(O[C@H]3C(O)C(NC(C)=O)C(OC4C(CO)O[C@@H](O[C@H]5C(O)C(NC(C)=O)C(O)O[C@@H]5COS(=O)(=O)O)[C@H](NC(C)=O)[C@H]4O)O[C@@H]3CO)OC(CO)[C@H](O)[C@@H]2O)c1. The molecule has 4 aliphatic rings. The molecule has 1 aromatic rings. The number of ether oxygens (including phenoxy) is 8. The van der Waals surface area contributed by atoms with Crippen molar-refractivity contribution in [3.63, 3.8) is 0 Å². The molecule has 78 heavy (non-hydrogen) atoms. The number of nitrogens with one attached hydrogen (secondary N) is 4. The molecule has 4 aliphatic heterocycles. The molecule has 20 atom stereocenters. The summed E-state index contributed by atoms with van der Waals surface area (Å²) < 4.78 is 84.0. The zero-order chi connectivity index (χ0) is 57.4. The van der Waals surface area contributed by atoms with E-state index in [1.54, 1.807) is 12.1 Å². The van der Waals surface area contributed by atoms with Crippen LogP contribution in [0.1, 0.15) is 95.8 Å². The van der Waals surface area contributed by atoms with E-state index in [0.717, 1.165) is 46.5 Å². The van der Waals surface area contributed by atoms with Crippen molar-refractivity contribution in [2.75, 3.05) is 33.0 Å². The first-order chi connectivity index (χ1) is 37.0. The van der Waals surface area contributed by atoms with E-state index in [9.17, 15) is 78.1 Å². The van der Waals surface area contributed by atoms with Gasteiger partial charge < -0.3 is 105 Å². The molecule has 0 bridgehead atoms. The van der Waals surface area contributed by atoms with E-state index in [1.165, 1.54) is 44.2 Å². The molecular formula is C48H78N4O25S. The lowest BCUT2D eigenvalue weighted by atomic mass is 9.93. The average molecular weight is 1140 g/mol. The maximum absolute atomic E-state index is 13.8. The summed E-state index contributed by atoms with van der Waals surface area (Å²) in [5.74, 6) is -2.81. The number of hydrogen-bond acceptors (Lipinski definition) is 24. The van der Waals surface area contributed by atoms with Gasteiger partial charge in [-0.25, -0.2) is 4.18 Å². The van der Waals surface area contributed by atoms with E-state index in [1.807, 2.05) is 0 Å². The zero-order valence-corrected chi connectivity index (χ0v) is 44.6. The Kier molecular flexibility index (Phi) is 25.7. The molecule has 0 aliphatic carbocycles. The van der Waals surface area contributed by atoms with Crippen molar-refractivity contribution in [2.45, 2.75) is 208 Å². The van der Waals surface area contributed by atoms with E-state index < -0.39 is 183 Å². The first-order valence-electron chi connectivity index (χ1n) is 26.0. The van der Waals surface area contributed by atoms with Gasteiger partial charge in [0, 0.05) is 26.3 Å². The van der Waals surface area contributed by atoms with Crippen LogP contribution in [0.25, 0.3) is 0 Å². The fourth-order valence-corrected chi connectivity index (χ4v) is 9.95. The zero-order valence-electron chi connectivity index (χ0n) is 43.8. The minimum absolute atomic E-state index is 0.0727. The molecule has 0 spiro atoms. The Labute approximate surface area is 451 Å². The van der Waals surface area contributed by atoms with E-state index in [0.29, 0.717) is 12.4 Å². The Hall–Kier alpha value is -3.87. The fourth-order valence-electron chi connectivity index (χ4n) is 9.64. The molecule has 10 unspecified atom stereocenters. The molecule has 4 fully saturated rings. The number of rotatable bonds is 28. The smallest absolute Gasteiger partial charge is 0.397 e. The van der Waals surface area contributed by atoms with Gasteiger partial charge in [-0.3, -0.25) is 23.7 Å². The molecule has 4 saturated heterocycles. The summed E-state index contributed by atoms with van der Waals surface area (Å²) in [5.41, 5.74) is 0.0727. The van der Waals surface area contributed by atoms with Crippen molar-refractivity contribution < 1.29 is 120 Å². The van der Waals surface area contributed by atoms with Gasteiger partial charge in [-0.1, -0.05) is 64.4 Å². The molecule has 1 aromatic carbocycles. The van der Waals surface area contributed by atoms with Gasteiger partial charge >= 0.3 is 10.4 Å². The van der Waals surface area contributed by atoms with Crippen molar-refractivity contribution in [3.8, 4) is 5.75 Å². The summed E-state index contributed by atoms with van der Waals surface area (Å²) in [6, 6.07) is -0.593. The predicted molar refractivity (Wildman–Crippen MR) is 264 cm³/mol. The van der Waals surface area contributed by atoms with Gasteiger partial charge in [0.25, 0.3) is 5.91 Å². The van der Waals surface area contributed by atoms with Crippen LogP contribution in [-0.2, 0) is 62.1 Å². The summed E-state index contributed by atoms with van der Waals surface area (Å²) in [4.78, 5) is 51.1. The highest BCUT2D eigenvalue weighted by atomic mass is 32.3. The van der Waals surface area contributed by atoms with Gasteiger partial charge in [-0.15, -0.1) is 0 Å². The number of aliphatic hydroxyl groups excluding tert-OH is 9. The van der Waals surface area contributed by atoms with Crippen molar-refractivity contribution in [1.29, 1.82) is 0 Å². The standard InChI is InChI=1S/C48H78N4O25S/c1-5-6-7-8-9-10-11-12-13-17-69-27-16-14-15-26(18-27)44(64)52-33-37(60)36(59)28(19-53)72-46(33)75-41-29(20-54)73-47(34(39(41)62)50-24(3)57)76-42-30(21-55)74-48(35(40(42)63)51-25(4)58)77-43-31(22-70-78(66,67)68)71-45(65)32(38(43)61)49-23(2)56/h14-16,18,28-43,45-48,53-55,59-63,65H,5-13,17,19-22H2,1-4H3,(H,49,56)(H,50,57)(H,51,58)(H,52,64)(H,66,67,68)/t28?,29-,30?,31-,32?,33-,34?,35-,36+,37-,38?,39?,40-,41-,42?,43-,45?,46?,47?,48+/m1/s1. The lowest BCUT2D eigenvalue weighted by molar-refractivity contribution is -0.361. The molecule has 0 aromatic heterocycles. The summed E-state index contributed by atoms with van der Waals surface area (Å²) in [6.45, 7) is 1.68. The van der Waals surface area contributed by atoms with Crippen molar-refractivity contribution in [3.05, 3.63) is 29.8 Å². The number of carbonyl (C=O) groups excluding carboxylic acids is 4. The monoisotopic (exact) mass is 1140 g/mol. The van der Waals surface area contributed by atoms with Crippen LogP contribution in [0.2, 0.25) is 0 Å². The molecule has 14 N–H and O–H groups in total. The van der Waals surface area contributed by atoms with Crippen LogP contribution in [0.4, 0.5) is 0 Å². The molecule has 0 radical (unpaired) electrons. The Balaban J connectivity index is 1.34. The number of carbonyl (C=O) groups is 4. The third kappa shape index (κ3) is 18.1. The number of amides is 4. The third-order valence-corrected chi connectivity index (χ3v) is 14.0. The van der Waals surface area contributed by atoms with Gasteiger partial charge in [0.2, 0.25) is 17.7 Å². The van der Waals surface area contributed by atoms with Crippen LogP contribution < -0.4 is 26.0 Å². The average Bonchev–Trinajstić information content (AvgIpc) is 3.47. The molecule has 4 heterocycles. The van der Waals surface area contributed by atoms with Gasteiger partial charge in [-0.05, 0) is 24.6 Å². The lowest BCUT2D eigenvalue weighted by Crippen LogP contribution is -2.71. The van der Waals surface area contributed by atoms with Crippen LogP contribution >= 0.6 is 0 Å². The molecule has 446 valence electrons. The minimum Gasteiger partial charge on any atom is -0.494 e. The highest BCUT2D eigenvalue weighted by Crippen LogP contribution is 2.35. The molecule has 29 nitrogen and oxygen atoms in total. The normalized spacial score (nSPS) is 35.3. The maximum Gasteiger partial charge on any atom is 0.397 e. The maximum atomic E-state index is 13.8. The molecular weight excluding hydrogens is 1060 g/mol. The molecule has 0 saturated carbocycles. The highest BCUT2D eigenvalue weighted by molar-refractivity contribution is 7.80. The number of benzene rings is 1. The predicted octanol–water partition coefficient (Wildman–Crippen LogP) is -4.14. The number of unbranched alkanes of at least 4 members (excludes halogenated alkanes) is 8. The second-order valence-corrected chi connectivity index (χ2v) is 20.7. The fraction of sp³-hybridized carbons (Fsp3) is 0.792. The first kappa shape index (κ1) is 64.9. The second kappa shape index (κ2) is 30.8. The van der Waals surface area contributed by atoms with Crippen molar-refractivity contribution in [2.24, 2.45) is 0 Å². The van der Waals surface area contributed by atoms with E-state index in [4.69, 9.17) is 37.9 Å². The van der Waals surface area contributed by atoms with E-state index in [2.05, 4.69) is 32.4 Å². The van der Waals surface area contributed by atoms with Crippen molar-refractivity contribution in [1.82, 2.24) is 21.3 Å². The Morgan fingerprint density at radius 1 is 0.551 bits per heavy atom. The Bertz CT molecular complexity index is 2170.